The fourth-order valence-corrected chi connectivity index (χ4v) is 2.63. The smallest absolute Gasteiger partial charge is 0.261 e. The molecule has 0 saturated carbocycles. The molecule has 2 aromatic carbocycles. The summed E-state index contributed by atoms with van der Waals surface area (Å²) in [6.07, 6.45) is 0. The zero-order valence-electron chi connectivity index (χ0n) is 11.9. The van der Waals surface area contributed by atoms with E-state index in [1.54, 1.807) is 30.0 Å². The largest absolute Gasteiger partial charge is 0.311 e. The number of nitrogens with one attached hydrogen (secondary N) is 1. The summed E-state index contributed by atoms with van der Waals surface area (Å²) in [5, 5.41) is 3.28. The molecular formula is C17H17FN2O. The standard InChI is InChI=1S/C17H17FN2O/c1-12-5-4-7-14(16(12)18)17(21)20-10-9-19-11-13-6-2-3-8-15(13)20/h2-8,19H,9-11H2,1H3. The number of amides is 1. The van der Waals surface area contributed by atoms with Gasteiger partial charge in [0.15, 0.2) is 0 Å². The van der Waals surface area contributed by atoms with E-state index < -0.39 is 5.82 Å². The number of hydrogen-bond acceptors (Lipinski definition) is 2. The highest BCUT2D eigenvalue weighted by molar-refractivity contribution is 6.06. The summed E-state index contributed by atoms with van der Waals surface area (Å²) in [5.74, 6) is -0.718. The van der Waals surface area contributed by atoms with Gasteiger partial charge in [0.05, 0.1) is 5.56 Å². The van der Waals surface area contributed by atoms with Crippen LogP contribution in [0.1, 0.15) is 21.5 Å². The Morgan fingerprint density at radius 3 is 2.86 bits per heavy atom. The zero-order valence-corrected chi connectivity index (χ0v) is 11.9. The van der Waals surface area contributed by atoms with E-state index in [1.165, 1.54) is 0 Å². The molecule has 2 aromatic rings. The van der Waals surface area contributed by atoms with E-state index >= 15 is 0 Å². The third-order valence-electron chi connectivity index (χ3n) is 3.78. The van der Waals surface area contributed by atoms with Gasteiger partial charge in [-0.2, -0.15) is 0 Å². The number of nitrogens with zero attached hydrogens (tertiary/aromatic N) is 1. The molecule has 1 N–H and O–H groups in total. The number of aryl methyl sites for hydroxylation is 1. The summed E-state index contributed by atoms with van der Waals surface area (Å²) in [6, 6.07) is 12.7. The quantitative estimate of drug-likeness (QED) is 0.873. The van der Waals surface area contributed by atoms with Crippen molar-refractivity contribution in [2.75, 3.05) is 18.0 Å². The Balaban J connectivity index is 2.03. The highest BCUT2D eigenvalue weighted by Crippen LogP contribution is 2.25. The lowest BCUT2D eigenvalue weighted by atomic mass is 10.1. The molecule has 1 heterocycles. The maximum Gasteiger partial charge on any atom is 0.261 e. The van der Waals surface area contributed by atoms with Gasteiger partial charge in [-0.1, -0.05) is 30.3 Å². The molecule has 21 heavy (non-hydrogen) atoms. The van der Waals surface area contributed by atoms with Gasteiger partial charge in [-0.05, 0) is 30.2 Å². The summed E-state index contributed by atoms with van der Waals surface area (Å²) < 4.78 is 14.2. The van der Waals surface area contributed by atoms with E-state index in [-0.39, 0.29) is 11.5 Å². The molecule has 1 aliphatic heterocycles. The van der Waals surface area contributed by atoms with Gasteiger partial charge in [0, 0.05) is 25.3 Å². The van der Waals surface area contributed by atoms with E-state index in [1.807, 2.05) is 24.3 Å². The third-order valence-corrected chi connectivity index (χ3v) is 3.78. The van der Waals surface area contributed by atoms with Crippen molar-refractivity contribution >= 4 is 11.6 Å². The van der Waals surface area contributed by atoms with Crippen LogP contribution in [0.5, 0.6) is 0 Å². The van der Waals surface area contributed by atoms with Crippen molar-refractivity contribution in [1.82, 2.24) is 5.32 Å². The minimum atomic E-state index is -0.433. The fourth-order valence-electron chi connectivity index (χ4n) is 2.63. The molecule has 0 aromatic heterocycles. The zero-order chi connectivity index (χ0) is 14.8. The van der Waals surface area contributed by atoms with Gasteiger partial charge in [0.25, 0.3) is 5.91 Å². The topological polar surface area (TPSA) is 32.3 Å². The van der Waals surface area contributed by atoms with Crippen LogP contribution in [0.3, 0.4) is 0 Å². The number of carbonyl (C=O) groups is 1. The number of para-hydroxylation sites is 1. The molecule has 0 bridgehead atoms. The number of anilines is 1. The Hall–Kier alpha value is -2.20. The average Bonchev–Trinajstić information content (AvgIpc) is 2.72. The van der Waals surface area contributed by atoms with Gasteiger partial charge >= 0.3 is 0 Å². The van der Waals surface area contributed by atoms with Crippen molar-refractivity contribution < 1.29 is 9.18 Å². The molecule has 4 heteroatoms. The van der Waals surface area contributed by atoms with Gasteiger partial charge in [0.1, 0.15) is 5.82 Å². The van der Waals surface area contributed by atoms with Crippen molar-refractivity contribution in [3.05, 3.63) is 65.0 Å². The Morgan fingerprint density at radius 2 is 2.00 bits per heavy atom. The fraction of sp³-hybridized carbons (Fsp3) is 0.235. The van der Waals surface area contributed by atoms with E-state index in [0.29, 0.717) is 18.7 Å². The molecule has 0 fully saturated rings. The summed E-state index contributed by atoms with van der Waals surface area (Å²) >= 11 is 0. The number of fused-ring (bicyclic) bond motifs is 1. The first-order valence-corrected chi connectivity index (χ1v) is 7.04. The van der Waals surface area contributed by atoms with Crippen LogP contribution in [-0.4, -0.2) is 19.0 Å². The number of benzene rings is 2. The second kappa shape index (κ2) is 5.66. The van der Waals surface area contributed by atoms with Crippen molar-refractivity contribution in [3.63, 3.8) is 0 Å². The van der Waals surface area contributed by atoms with Crippen LogP contribution in [0.15, 0.2) is 42.5 Å². The Morgan fingerprint density at radius 1 is 1.19 bits per heavy atom. The maximum atomic E-state index is 14.2. The van der Waals surface area contributed by atoms with Crippen molar-refractivity contribution in [3.8, 4) is 0 Å². The lowest BCUT2D eigenvalue weighted by molar-refractivity contribution is 0.0983. The molecule has 3 nitrogen and oxygen atoms in total. The lowest BCUT2D eigenvalue weighted by Crippen LogP contribution is -2.35. The molecule has 0 aliphatic carbocycles. The second-order valence-corrected chi connectivity index (χ2v) is 5.20. The summed E-state index contributed by atoms with van der Waals surface area (Å²) in [4.78, 5) is 14.4. The van der Waals surface area contributed by atoms with Crippen molar-refractivity contribution in [2.24, 2.45) is 0 Å². The van der Waals surface area contributed by atoms with Crippen LogP contribution in [-0.2, 0) is 6.54 Å². The number of rotatable bonds is 1. The monoisotopic (exact) mass is 284 g/mol. The second-order valence-electron chi connectivity index (χ2n) is 5.20. The van der Waals surface area contributed by atoms with Gasteiger partial charge in [0.2, 0.25) is 0 Å². The highest BCUT2D eigenvalue weighted by Gasteiger charge is 2.24. The number of hydrogen-bond donors (Lipinski definition) is 1. The highest BCUT2D eigenvalue weighted by atomic mass is 19.1. The van der Waals surface area contributed by atoms with Crippen LogP contribution in [0.25, 0.3) is 0 Å². The van der Waals surface area contributed by atoms with E-state index in [0.717, 1.165) is 17.8 Å². The summed E-state index contributed by atoms with van der Waals surface area (Å²) in [7, 11) is 0. The van der Waals surface area contributed by atoms with Crippen molar-refractivity contribution in [1.29, 1.82) is 0 Å². The Labute approximate surface area is 123 Å². The predicted octanol–water partition coefficient (Wildman–Crippen LogP) is 2.88. The molecule has 0 unspecified atom stereocenters. The Kier molecular flexibility index (Phi) is 3.71. The molecule has 1 amide bonds. The van der Waals surface area contributed by atoms with Crippen LogP contribution < -0.4 is 10.2 Å². The Bertz CT molecular complexity index is 684. The number of carbonyl (C=O) groups excluding carboxylic acids is 1. The maximum absolute atomic E-state index is 14.2. The van der Waals surface area contributed by atoms with E-state index in [4.69, 9.17) is 0 Å². The minimum Gasteiger partial charge on any atom is -0.311 e. The first-order chi connectivity index (χ1) is 10.2. The molecule has 0 spiro atoms. The first-order valence-electron chi connectivity index (χ1n) is 7.04. The molecule has 0 radical (unpaired) electrons. The lowest BCUT2D eigenvalue weighted by Gasteiger charge is -2.23. The molecule has 108 valence electrons. The number of halogens is 1. The van der Waals surface area contributed by atoms with Gasteiger partial charge in [-0.15, -0.1) is 0 Å². The van der Waals surface area contributed by atoms with E-state index in [9.17, 15) is 9.18 Å². The molecule has 3 rings (SSSR count). The third kappa shape index (κ3) is 2.54. The van der Waals surface area contributed by atoms with Crippen LogP contribution in [0.2, 0.25) is 0 Å². The van der Waals surface area contributed by atoms with Crippen molar-refractivity contribution in [2.45, 2.75) is 13.5 Å². The SMILES string of the molecule is Cc1cccc(C(=O)N2CCNCc3ccccc32)c1F. The predicted molar refractivity (Wildman–Crippen MR) is 81.0 cm³/mol. The van der Waals surface area contributed by atoms with Gasteiger partial charge < -0.3 is 10.2 Å². The molecule has 1 aliphatic rings. The molecule has 0 saturated heterocycles. The van der Waals surface area contributed by atoms with Gasteiger partial charge in [-0.3, -0.25) is 4.79 Å². The molecular weight excluding hydrogens is 267 g/mol. The van der Waals surface area contributed by atoms with Crippen LogP contribution >= 0.6 is 0 Å². The first kappa shape index (κ1) is 13.8. The summed E-state index contributed by atoms with van der Waals surface area (Å²) in [5.41, 5.74) is 2.53. The van der Waals surface area contributed by atoms with Crippen LogP contribution in [0, 0.1) is 12.7 Å². The van der Waals surface area contributed by atoms with E-state index in [2.05, 4.69) is 5.32 Å². The normalized spacial score (nSPS) is 14.5. The molecule has 0 atom stereocenters. The average molecular weight is 284 g/mol. The van der Waals surface area contributed by atoms with Crippen LogP contribution in [0.4, 0.5) is 10.1 Å². The van der Waals surface area contributed by atoms with Gasteiger partial charge in [-0.25, -0.2) is 4.39 Å². The summed E-state index contributed by atoms with van der Waals surface area (Å²) in [6.45, 7) is 3.61. The minimum absolute atomic E-state index is 0.131.